The molecule has 1 aliphatic heterocycles. The summed E-state index contributed by atoms with van der Waals surface area (Å²) in [7, 11) is 0. The van der Waals surface area contributed by atoms with Crippen LogP contribution in [0.3, 0.4) is 0 Å². The van der Waals surface area contributed by atoms with E-state index in [1.807, 2.05) is 18.2 Å². The number of nitrogens with two attached hydrogens (primary N) is 1. The van der Waals surface area contributed by atoms with Crippen LogP contribution in [0.5, 0.6) is 0 Å². The second-order valence-electron chi connectivity index (χ2n) is 4.89. The van der Waals surface area contributed by atoms with Gasteiger partial charge in [-0.15, -0.1) is 0 Å². The Balaban J connectivity index is 1.93. The van der Waals surface area contributed by atoms with Crippen LogP contribution in [0.25, 0.3) is 0 Å². The summed E-state index contributed by atoms with van der Waals surface area (Å²) in [6.45, 7) is 0.913. The van der Waals surface area contributed by atoms with Crippen LogP contribution in [-0.4, -0.2) is 22.4 Å². The quantitative estimate of drug-likeness (QED) is 0.923. The van der Waals surface area contributed by atoms with Gasteiger partial charge in [-0.05, 0) is 18.4 Å². The molecule has 2 heterocycles. The van der Waals surface area contributed by atoms with Gasteiger partial charge in [0.1, 0.15) is 11.5 Å². The van der Waals surface area contributed by atoms with Crippen molar-refractivity contribution >= 4 is 11.7 Å². The van der Waals surface area contributed by atoms with E-state index in [9.17, 15) is 4.79 Å². The maximum Gasteiger partial charge on any atom is 0.268 e. The van der Waals surface area contributed by atoms with Crippen LogP contribution >= 0.6 is 0 Å². The second kappa shape index (κ2) is 5.28. The highest BCUT2D eigenvalue weighted by Gasteiger charge is 2.27. The minimum Gasteiger partial charge on any atom is -0.364 e. The summed E-state index contributed by atoms with van der Waals surface area (Å²) >= 11 is 0. The van der Waals surface area contributed by atoms with E-state index in [1.54, 1.807) is 6.20 Å². The summed E-state index contributed by atoms with van der Waals surface area (Å²) in [4.78, 5) is 21.8. The Bertz CT molecular complexity index is 614. The minimum absolute atomic E-state index is 0.209. The zero-order chi connectivity index (χ0) is 13.9. The van der Waals surface area contributed by atoms with Gasteiger partial charge >= 0.3 is 0 Å². The number of hydrogen-bond donors (Lipinski definition) is 1. The maximum atomic E-state index is 11.2. The molecule has 2 N–H and O–H groups in total. The zero-order valence-corrected chi connectivity index (χ0v) is 11.1. The first kappa shape index (κ1) is 12.6. The molecule has 3 rings (SSSR count). The number of carbonyl (C=O) groups excluding carboxylic acids is 1. The first-order chi connectivity index (χ1) is 9.75. The van der Waals surface area contributed by atoms with E-state index in [0.717, 1.165) is 19.4 Å². The number of benzene rings is 1. The Kier molecular flexibility index (Phi) is 3.33. The number of carbonyl (C=O) groups is 1. The second-order valence-corrected chi connectivity index (χ2v) is 4.89. The largest absolute Gasteiger partial charge is 0.364 e. The lowest BCUT2D eigenvalue weighted by molar-refractivity contribution is 0.0995. The van der Waals surface area contributed by atoms with E-state index < -0.39 is 5.91 Å². The highest BCUT2D eigenvalue weighted by molar-refractivity contribution is 5.90. The Labute approximate surface area is 117 Å². The lowest BCUT2D eigenvalue weighted by Crippen LogP contribution is -2.25. The van der Waals surface area contributed by atoms with E-state index in [0.29, 0.717) is 5.82 Å². The SMILES string of the molecule is NC(=O)c1cncc(N2CCCC2c2ccccc2)n1. The number of amides is 1. The fourth-order valence-corrected chi connectivity index (χ4v) is 2.68. The smallest absolute Gasteiger partial charge is 0.268 e. The molecule has 0 radical (unpaired) electrons. The van der Waals surface area contributed by atoms with Gasteiger partial charge in [-0.2, -0.15) is 0 Å². The Hall–Kier alpha value is -2.43. The number of aromatic nitrogens is 2. The lowest BCUT2D eigenvalue weighted by atomic mass is 10.0. The monoisotopic (exact) mass is 268 g/mol. The van der Waals surface area contributed by atoms with E-state index in [-0.39, 0.29) is 11.7 Å². The molecular weight excluding hydrogens is 252 g/mol. The molecule has 1 aliphatic rings. The van der Waals surface area contributed by atoms with Gasteiger partial charge in [-0.3, -0.25) is 9.78 Å². The maximum absolute atomic E-state index is 11.2. The van der Waals surface area contributed by atoms with Crippen molar-refractivity contribution in [3.05, 3.63) is 54.0 Å². The zero-order valence-electron chi connectivity index (χ0n) is 11.1. The summed E-state index contributed by atoms with van der Waals surface area (Å²) in [6, 6.07) is 10.6. The number of anilines is 1. The van der Waals surface area contributed by atoms with Gasteiger partial charge in [0.2, 0.25) is 0 Å². The first-order valence-corrected chi connectivity index (χ1v) is 6.69. The predicted octanol–water partition coefficient (Wildman–Crippen LogP) is 1.92. The van der Waals surface area contributed by atoms with Gasteiger partial charge in [-0.25, -0.2) is 4.98 Å². The average molecular weight is 268 g/mol. The topological polar surface area (TPSA) is 72.1 Å². The molecule has 2 aromatic rings. The molecule has 5 nitrogen and oxygen atoms in total. The molecule has 1 fully saturated rings. The predicted molar refractivity (Wildman–Crippen MR) is 76.3 cm³/mol. The van der Waals surface area contributed by atoms with Crippen molar-refractivity contribution in [2.24, 2.45) is 5.73 Å². The summed E-state index contributed by atoms with van der Waals surface area (Å²) in [5.41, 5.74) is 6.74. The molecule has 1 amide bonds. The van der Waals surface area contributed by atoms with Crippen LogP contribution in [-0.2, 0) is 0 Å². The molecule has 1 saturated heterocycles. The highest BCUT2D eigenvalue weighted by atomic mass is 16.1. The third kappa shape index (κ3) is 2.34. The number of hydrogen-bond acceptors (Lipinski definition) is 4. The molecule has 1 atom stereocenters. The van der Waals surface area contributed by atoms with Crippen molar-refractivity contribution in [1.82, 2.24) is 9.97 Å². The fraction of sp³-hybridized carbons (Fsp3) is 0.267. The Morgan fingerprint density at radius 1 is 1.25 bits per heavy atom. The lowest BCUT2D eigenvalue weighted by Gasteiger charge is -2.25. The number of primary amides is 1. The van der Waals surface area contributed by atoms with Gasteiger partial charge in [-0.1, -0.05) is 30.3 Å². The van der Waals surface area contributed by atoms with Gasteiger partial charge in [0.25, 0.3) is 5.91 Å². The van der Waals surface area contributed by atoms with Gasteiger partial charge in [0.05, 0.1) is 18.4 Å². The molecule has 5 heteroatoms. The van der Waals surface area contributed by atoms with Crippen LogP contribution in [0.4, 0.5) is 5.82 Å². The molecule has 0 spiro atoms. The van der Waals surface area contributed by atoms with Crippen molar-refractivity contribution < 1.29 is 4.79 Å². The first-order valence-electron chi connectivity index (χ1n) is 6.69. The molecule has 1 unspecified atom stereocenters. The number of rotatable bonds is 3. The van der Waals surface area contributed by atoms with E-state index in [4.69, 9.17) is 5.73 Å². The molecule has 0 bridgehead atoms. The molecule has 1 aromatic carbocycles. The van der Waals surface area contributed by atoms with Crippen LogP contribution in [0.1, 0.15) is 34.9 Å². The van der Waals surface area contributed by atoms with Crippen LogP contribution in [0.2, 0.25) is 0 Å². The average Bonchev–Trinajstić information content (AvgIpc) is 2.98. The summed E-state index contributed by atoms with van der Waals surface area (Å²) in [6.07, 6.45) is 5.27. The third-order valence-corrected chi connectivity index (χ3v) is 3.61. The molecule has 0 aliphatic carbocycles. The highest BCUT2D eigenvalue weighted by Crippen LogP contribution is 2.34. The normalized spacial score (nSPS) is 18.2. The van der Waals surface area contributed by atoms with Crippen LogP contribution in [0, 0.1) is 0 Å². The molecular formula is C15H16N4O. The molecule has 20 heavy (non-hydrogen) atoms. The van der Waals surface area contributed by atoms with Crippen LogP contribution in [0.15, 0.2) is 42.7 Å². The summed E-state index contributed by atoms with van der Waals surface area (Å²) in [5, 5.41) is 0. The van der Waals surface area contributed by atoms with Crippen molar-refractivity contribution in [2.45, 2.75) is 18.9 Å². The van der Waals surface area contributed by atoms with Gasteiger partial charge < -0.3 is 10.6 Å². The van der Waals surface area contributed by atoms with Crippen molar-refractivity contribution in [3.8, 4) is 0 Å². The molecule has 1 aromatic heterocycles. The van der Waals surface area contributed by atoms with Crippen molar-refractivity contribution in [2.75, 3.05) is 11.4 Å². The van der Waals surface area contributed by atoms with E-state index >= 15 is 0 Å². The number of nitrogens with zero attached hydrogens (tertiary/aromatic N) is 3. The molecule has 0 saturated carbocycles. The Morgan fingerprint density at radius 2 is 2.05 bits per heavy atom. The van der Waals surface area contributed by atoms with Crippen molar-refractivity contribution in [3.63, 3.8) is 0 Å². The summed E-state index contributed by atoms with van der Waals surface area (Å²) in [5.74, 6) is 0.169. The fourth-order valence-electron chi connectivity index (χ4n) is 2.68. The van der Waals surface area contributed by atoms with Gasteiger partial charge in [0.15, 0.2) is 0 Å². The van der Waals surface area contributed by atoms with E-state index in [2.05, 4.69) is 27.0 Å². The van der Waals surface area contributed by atoms with Gasteiger partial charge in [0, 0.05) is 6.54 Å². The van der Waals surface area contributed by atoms with Crippen LogP contribution < -0.4 is 10.6 Å². The van der Waals surface area contributed by atoms with E-state index in [1.165, 1.54) is 11.8 Å². The van der Waals surface area contributed by atoms with Crippen molar-refractivity contribution in [1.29, 1.82) is 0 Å². The minimum atomic E-state index is -0.546. The standard InChI is InChI=1S/C15H16N4O/c16-15(20)12-9-17-10-14(18-12)19-8-4-7-13(19)11-5-2-1-3-6-11/h1-3,5-6,9-10,13H,4,7-8H2,(H2,16,20). The summed E-state index contributed by atoms with van der Waals surface area (Å²) < 4.78 is 0. The third-order valence-electron chi connectivity index (χ3n) is 3.61. The molecule has 102 valence electrons. The Morgan fingerprint density at radius 3 is 2.80 bits per heavy atom.